The third-order valence-electron chi connectivity index (χ3n) is 4.06. The molecule has 0 amide bonds. The van der Waals surface area contributed by atoms with Crippen molar-refractivity contribution in [1.82, 2.24) is 4.57 Å². The monoisotopic (exact) mass is 338 g/mol. The van der Waals surface area contributed by atoms with E-state index in [1.807, 2.05) is 0 Å². The van der Waals surface area contributed by atoms with E-state index in [-0.39, 0.29) is 0 Å². The number of para-hydroxylation sites is 1. The minimum Gasteiger partial charge on any atom is -0.370 e. The second-order valence-electron chi connectivity index (χ2n) is 5.98. The van der Waals surface area contributed by atoms with Crippen molar-refractivity contribution < 1.29 is 13.2 Å². The van der Waals surface area contributed by atoms with Crippen LogP contribution in [0.1, 0.15) is 45.2 Å². The Balaban J connectivity index is 2.41. The lowest BCUT2D eigenvalue weighted by Crippen LogP contribution is -2.25. The molecule has 0 saturated heterocycles. The number of alkyl halides is 3. The Morgan fingerprint density at radius 2 is 1.54 bits per heavy atom. The molecule has 1 aromatic heterocycles. The number of anilines is 1. The van der Waals surface area contributed by atoms with Gasteiger partial charge in [0, 0.05) is 25.0 Å². The molecule has 0 unspecified atom stereocenters. The molecule has 0 radical (unpaired) electrons. The highest BCUT2D eigenvalue weighted by molar-refractivity contribution is 5.52. The molecule has 0 saturated carbocycles. The van der Waals surface area contributed by atoms with Gasteiger partial charge in [0.15, 0.2) is 0 Å². The minimum atomic E-state index is -4.38. The third kappa shape index (κ3) is 4.56. The van der Waals surface area contributed by atoms with Crippen LogP contribution in [0.5, 0.6) is 0 Å². The number of halogens is 3. The number of aromatic nitrogens is 1. The van der Waals surface area contributed by atoms with Crippen LogP contribution in [-0.2, 0) is 6.18 Å². The van der Waals surface area contributed by atoms with Crippen LogP contribution in [0.15, 0.2) is 42.6 Å². The van der Waals surface area contributed by atoms with Crippen LogP contribution in [0.25, 0.3) is 5.69 Å². The lowest BCUT2D eigenvalue weighted by Gasteiger charge is -2.23. The lowest BCUT2D eigenvalue weighted by molar-refractivity contribution is -0.142. The Kier molecular flexibility index (Phi) is 6.35. The van der Waals surface area contributed by atoms with Gasteiger partial charge in [-0.2, -0.15) is 13.2 Å². The first-order valence-electron chi connectivity index (χ1n) is 8.57. The van der Waals surface area contributed by atoms with Crippen molar-refractivity contribution in [2.45, 2.75) is 45.7 Å². The van der Waals surface area contributed by atoms with Crippen LogP contribution >= 0.6 is 0 Å². The molecular weight excluding hydrogens is 313 g/mol. The van der Waals surface area contributed by atoms with E-state index in [0.29, 0.717) is 11.4 Å². The maximum absolute atomic E-state index is 13.5. The van der Waals surface area contributed by atoms with Gasteiger partial charge in [-0.3, -0.25) is 0 Å². The second-order valence-corrected chi connectivity index (χ2v) is 5.98. The minimum absolute atomic E-state index is 0.530. The molecule has 24 heavy (non-hydrogen) atoms. The van der Waals surface area contributed by atoms with E-state index >= 15 is 0 Å². The van der Waals surface area contributed by atoms with Gasteiger partial charge in [0.2, 0.25) is 0 Å². The molecule has 0 aliphatic heterocycles. The maximum atomic E-state index is 13.5. The molecule has 2 aromatic rings. The van der Waals surface area contributed by atoms with E-state index in [9.17, 15) is 13.2 Å². The molecular formula is C19H25F3N2. The van der Waals surface area contributed by atoms with E-state index in [0.717, 1.165) is 38.8 Å². The Labute approximate surface area is 141 Å². The van der Waals surface area contributed by atoms with Gasteiger partial charge in [0.05, 0.1) is 5.69 Å². The van der Waals surface area contributed by atoms with E-state index < -0.39 is 11.9 Å². The van der Waals surface area contributed by atoms with Crippen LogP contribution in [0.4, 0.5) is 18.9 Å². The molecule has 0 spiro atoms. The predicted octanol–water partition coefficient (Wildman–Crippen LogP) is 5.90. The summed E-state index contributed by atoms with van der Waals surface area (Å²) in [5.74, 6) is 0. The number of unbranched alkanes of at least 4 members (excludes halogenated alkanes) is 2. The van der Waals surface area contributed by atoms with Crippen LogP contribution in [0, 0.1) is 0 Å². The summed E-state index contributed by atoms with van der Waals surface area (Å²) in [6, 6.07) is 9.97. The average Bonchev–Trinajstić information content (AvgIpc) is 3.01. The molecule has 0 N–H and O–H groups in total. The molecule has 5 heteroatoms. The average molecular weight is 338 g/mol. The van der Waals surface area contributed by atoms with Gasteiger partial charge in [-0.15, -0.1) is 0 Å². The summed E-state index contributed by atoms with van der Waals surface area (Å²) in [7, 11) is 0. The largest absolute Gasteiger partial charge is 0.431 e. The number of nitrogens with zero attached hydrogens (tertiary/aromatic N) is 2. The Morgan fingerprint density at radius 3 is 2.04 bits per heavy atom. The van der Waals surface area contributed by atoms with Crippen molar-refractivity contribution in [3.8, 4) is 5.69 Å². The van der Waals surface area contributed by atoms with Crippen LogP contribution in [-0.4, -0.2) is 17.7 Å². The van der Waals surface area contributed by atoms with Crippen LogP contribution < -0.4 is 4.90 Å². The Hall–Kier alpha value is -1.91. The first-order chi connectivity index (χ1) is 11.5. The molecule has 0 fully saturated rings. The fourth-order valence-corrected chi connectivity index (χ4v) is 2.71. The van der Waals surface area contributed by atoms with E-state index in [2.05, 4.69) is 18.7 Å². The predicted molar refractivity (Wildman–Crippen MR) is 92.8 cm³/mol. The summed E-state index contributed by atoms with van der Waals surface area (Å²) in [6.45, 7) is 5.75. The van der Waals surface area contributed by atoms with E-state index in [4.69, 9.17) is 0 Å². The summed E-state index contributed by atoms with van der Waals surface area (Å²) in [5, 5.41) is 0. The molecule has 0 atom stereocenters. The number of rotatable bonds is 8. The van der Waals surface area contributed by atoms with Crippen LogP contribution in [0.2, 0.25) is 0 Å². The quantitative estimate of drug-likeness (QED) is 0.581. The summed E-state index contributed by atoms with van der Waals surface area (Å²) < 4.78 is 41.7. The fourth-order valence-electron chi connectivity index (χ4n) is 2.71. The van der Waals surface area contributed by atoms with Crippen molar-refractivity contribution in [2.24, 2.45) is 0 Å². The van der Waals surface area contributed by atoms with Gasteiger partial charge < -0.3 is 9.47 Å². The zero-order chi connectivity index (χ0) is 17.6. The molecule has 2 nitrogen and oxygen atoms in total. The van der Waals surface area contributed by atoms with E-state index in [1.165, 1.54) is 10.6 Å². The molecule has 0 bridgehead atoms. The standard InChI is InChI=1S/C19H25F3N2/c1-3-5-12-23(13-6-4-2)17-14-18(19(20,21)22)24(15-17)16-10-8-7-9-11-16/h7-11,14-15H,3-6,12-13H2,1-2H3. The smallest absolute Gasteiger partial charge is 0.370 e. The molecule has 1 heterocycles. The normalized spacial score (nSPS) is 11.7. The van der Waals surface area contributed by atoms with Crippen molar-refractivity contribution in [3.63, 3.8) is 0 Å². The highest BCUT2D eigenvalue weighted by Crippen LogP contribution is 2.35. The molecule has 0 aliphatic carbocycles. The fraction of sp³-hybridized carbons (Fsp3) is 0.474. The van der Waals surface area contributed by atoms with Crippen molar-refractivity contribution >= 4 is 5.69 Å². The van der Waals surface area contributed by atoms with Gasteiger partial charge in [0.1, 0.15) is 5.69 Å². The molecule has 1 aromatic carbocycles. The van der Waals surface area contributed by atoms with E-state index in [1.54, 1.807) is 36.5 Å². The van der Waals surface area contributed by atoms with Crippen molar-refractivity contribution in [2.75, 3.05) is 18.0 Å². The Morgan fingerprint density at radius 1 is 0.958 bits per heavy atom. The number of hydrogen-bond acceptors (Lipinski definition) is 1. The summed E-state index contributed by atoms with van der Waals surface area (Å²) in [4.78, 5) is 2.07. The number of benzene rings is 1. The van der Waals surface area contributed by atoms with Gasteiger partial charge in [0.25, 0.3) is 0 Å². The van der Waals surface area contributed by atoms with Crippen molar-refractivity contribution in [1.29, 1.82) is 0 Å². The number of hydrogen-bond donors (Lipinski definition) is 0. The molecule has 2 rings (SSSR count). The zero-order valence-corrected chi connectivity index (χ0v) is 14.3. The maximum Gasteiger partial charge on any atom is 0.431 e. The summed E-state index contributed by atoms with van der Waals surface area (Å²) in [6.07, 6.45) is 1.23. The van der Waals surface area contributed by atoms with Gasteiger partial charge in [-0.05, 0) is 31.0 Å². The lowest BCUT2D eigenvalue weighted by atomic mass is 10.2. The van der Waals surface area contributed by atoms with Crippen LogP contribution in [0.3, 0.4) is 0 Å². The first-order valence-corrected chi connectivity index (χ1v) is 8.57. The topological polar surface area (TPSA) is 8.17 Å². The van der Waals surface area contributed by atoms with Gasteiger partial charge >= 0.3 is 6.18 Å². The zero-order valence-electron chi connectivity index (χ0n) is 14.3. The summed E-state index contributed by atoms with van der Waals surface area (Å²) >= 11 is 0. The molecule has 132 valence electrons. The van der Waals surface area contributed by atoms with Gasteiger partial charge in [-0.25, -0.2) is 0 Å². The van der Waals surface area contributed by atoms with Gasteiger partial charge in [-0.1, -0.05) is 44.9 Å². The first kappa shape index (κ1) is 18.4. The Bertz CT molecular complexity index is 609. The highest BCUT2D eigenvalue weighted by atomic mass is 19.4. The SMILES string of the molecule is CCCCN(CCCC)c1cc(C(F)(F)F)n(-c2ccccc2)c1. The highest BCUT2D eigenvalue weighted by Gasteiger charge is 2.35. The second kappa shape index (κ2) is 8.27. The van der Waals surface area contributed by atoms with Crippen molar-refractivity contribution in [3.05, 3.63) is 48.3 Å². The molecule has 0 aliphatic rings. The summed E-state index contributed by atoms with van der Waals surface area (Å²) in [5.41, 5.74) is 0.553. The third-order valence-corrected chi connectivity index (χ3v) is 4.06.